The summed E-state index contributed by atoms with van der Waals surface area (Å²) in [6, 6.07) is 68.7. The minimum atomic E-state index is 1.12. The van der Waals surface area contributed by atoms with E-state index in [2.05, 4.69) is 193 Å². The summed E-state index contributed by atoms with van der Waals surface area (Å²) in [6.07, 6.45) is 0. The highest BCUT2D eigenvalue weighted by atomic mass is 32.1. The number of rotatable bonds is 5. The van der Waals surface area contributed by atoms with Crippen molar-refractivity contribution in [2.75, 3.05) is 4.90 Å². The van der Waals surface area contributed by atoms with Gasteiger partial charge in [0.1, 0.15) is 0 Å². The predicted molar refractivity (Wildman–Crippen MR) is 217 cm³/mol. The molecule has 0 aliphatic carbocycles. The highest BCUT2D eigenvalue weighted by Crippen LogP contribution is 2.43. The molecule has 0 amide bonds. The van der Waals surface area contributed by atoms with Gasteiger partial charge in [0.05, 0.1) is 0 Å². The van der Waals surface area contributed by atoms with E-state index in [9.17, 15) is 0 Å². The smallest absolute Gasteiger partial charge is 0.0476 e. The fraction of sp³-hybridized carbons (Fsp3) is 0. The molecule has 0 spiro atoms. The van der Waals surface area contributed by atoms with Crippen molar-refractivity contribution in [3.8, 4) is 22.3 Å². The van der Waals surface area contributed by atoms with Gasteiger partial charge >= 0.3 is 0 Å². The maximum atomic E-state index is 2.39. The normalized spacial score (nSPS) is 11.6. The Morgan fingerprint density at radius 3 is 1.78 bits per heavy atom. The Balaban J connectivity index is 1.14. The molecule has 0 aliphatic rings. The molecule has 0 unspecified atom stereocenters. The largest absolute Gasteiger partial charge is 0.310 e. The van der Waals surface area contributed by atoms with Crippen LogP contribution < -0.4 is 4.90 Å². The van der Waals surface area contributed by atoms with Crippen molar-refractivity contribution in [3.05, 3.63) is 188 Å². The first-order chi connectivity index (χ1) is 24.8. The summed E-state index contributed by atoms with van der Waals surface area (Å²) in [5.74, 6) is 0. The summed E-state index contributed by atoms with van der Waals surface area (Å²) in [4.78, 5) is 2.39. The minimum absolute atomic E-state index is 1.12. The maximum Gasteiger partial charge on any atom is 0.0476 e. The number of anilines is 3. The third-order valence-electron chi connectivity index (χ3n) is 10.0. The van der Waals surface area contributed by atoms with E-state index in [1.807, 2.05) is 11.3 Å². The van der Waals surface area contributed by atoms with Crippen LogP contribution in [0.3, 0.4) is 0 Å². The van der Waals surface area contributed by atoms with Gasteiger partial charge in [-0.2, -0.15) is 0 Å². The molecule has 0 bridgehead atoms. The number of hydrogen-bond acceptors (Lipinski definition) is 2. The molecular weight excluding hydrogens is 623 g/mol. The Bertz CT molecular complexity index is 2850. The number of thiophene rings is 1. The van der Waals surface area contributed by atoms with Gasteiger partial charge in [0.25, 0.3) is 0 Å². The maximum absolute atomic E-state index is 2.39. The fourth-order valence-electron chi connectivity index (χ4n) is 7.65. The van der Waals surface area contributed by atoms with Crippen LogP contribution in [0.25, 0.3) is 74.7 Å². The Kier molecular flexibility index (Phi) is 6.75. The molecule has 50 heavy (non-hydrogen) atoms. The zero-order valence-corrected chi connectivity index (χ0v) is 28.1. The molecule has 0 atom stereocenters. The van der Waals surface area contributed by atoms with Crippen LogP contribution in [-0.4, -0.2) is 0 Å². The molecule has 2 heteroatoms. The summed E-state index contributed by atoms with van der Waals surface area (Å²) < 4.78 is 2.61. The zero-order chi connectivity index (χ0) is 33.0. The van der Waals surface area contributed by atoms with Crippen molar-refractivity contribution in [2.24, 2.45) is 0 Å². The first-order valence-corrected chi connectivity index (χ1v) is 17.9. The van der Waals surface area contributed by atoms with Crippen molar-refractivity contribution in [1.29, 1.82) is 0 Å². The SMILES string of the molecule is c1ccc(-c2cccc(N(c3ccc(-c4cc5ccccc5c5c4ccc4ccccc45)cc3)c3ccc4c(c3)sc3ccccc34)c2)cc1. The molecule has 1 aromatic heterocycles. The number of nitrogens with zero attached hydrogens (tertiary/aromatic N) is 1. The van der Waals surface area contributed by atoms with E-state index in [0.717, 1.165) is 17.1 Å². The van der Waals surface area contributed by atoms with Gasteiger partial charge < -0.3 is 4.90 Å². The van der Waals surface area contributed by atoms with Crippen LogP contribution >= 0.6 is 11.3 Å². The van der Waals surface area contributed by atoms with Crippen molar-refractivity contribution in [2.45, 2.75) is 0 Å². The summed E-state index contributed by atoms with van der Waals surface area (Å²) in [5.41, 5.74) is 8.25. The second-order valence-electron chi connectivity index (χ2n) is 12.9. The molecule has 1 heterocycles. The van der Waals surface area contributed by atoms with Gasteiger partial charge in [-0.15, -0.1) is 11.3 Å². The van der Waals surface area contributed by atoms with Crippen LogP contribution in [0.1, 0.15) is 0 Å². The van der Waals surface area contributed by atoms with E-state index in [1.165, 1.54) is 74.7 Å². The molecule has 0 saturated heterocycles. The first-order valence-electron chi connectivity index (χ1n) is 17.1. The number of benzene rings is 9. The second-order valence-corrected chi connectivity index (χ2v) is 14.0. The van der Waals surface area contributed by atoms with Gasteiger partial charge in [-0.25, -0.2) is 0 Å². The summed E-state index contributed by atoms with van der Waals surface area (Å²) in [7, 11) is 0. The van der Waals surface area contributed by atoms with Crippen molar-refractivity contribution in [3.63, 3.8) is 0 Å². The number of fused-ring (bicyclic) bond motifs is 8. The van der Waals surface area contributed by atoms with Gasteiger partial charge in [-0.05, 0) is 103 Å². The van der Waals surface area contributed by atoms with Crippen LogP contribution in [0, 0.1) is 0 Å². The number of hydrogen-bond donors (Lipinski definition) is 0. The third-order valence-corrected chi connectivity index (χ3v) is 11.2. The van der Waals surface area contributed by atoms with E-state index in [-0.39, 0.29) is 0 Å². The summed E-state index contributed by atoms with van der Waals surface area (Å²) >= 11 is 1.86. The minimum Gasteiger partial charge on any atom is -0.310 e. The van der Waals surface area contributed by atoms with Crippen molar-refractivity contribution < 1.29 is 0 Å². The zero-order valence-electron chi connectivity index (χ0n) is 27.3. The van der Waals surface area contributed by atoms with Gasteiger partial charge in [-0.3, -0.25) is 0 Å². The molecule has 1 nitrogen and oxygen atoms in total. The van der Waals surface area contributed by atoms with E-state index in [4.69, 9.17) is 0 Å². The lowest BCUT2D eigenvalue weighted by molar-refractivity contribution is 1.29. The van der Waals surface area contributed by atoms with E-state index in [1.54, 1.807) is 0 Å². The van der Waals surface area contributed by atoms with Crippen molar-refractivity contribution >= 4 is 80.9 Å². The molecular formula is C48H31NS. The van der Waals surface area contributed by atoms with Crippen LogP contribution in [0.4, 0.5) is 17.1 Å². The van der Waals surface area contributed by atoms with Crippen molar-refractivity contribution in [1.82, 2.24) is 0 Å². The molecule has 0 radical (unpaired) electrons. The lowest BCUT2D eigenvalue weighted by Gasteiger charge is -2.26. The molecule has 10 rings (SSSR count). The Hall–Kier alpha value is -6.22. The Labute approximate surface area is 294 Å². The van der Waals surface area contributed by atoms with E-state index in [0.29, 0.717) is 0 Å². The third kappa shape index (κ3) is 4.76. The summed E-state index contributed by atoms with van der Waals surface area (Å²) in [5, 5.41) is 10.3. The standard InChI is InChI=1S/C48H31NS/c1-2-11-32(12-3-1)35-15-10-16-38(29-35)49(39-26-28-43-42-19-8-9-20-46(42)50-47(43)31-39)37-24-21-34(22-25-37)45-30-36-14-5-7-18-41(36)48-40-17-6-4-13-33(40)23-27-44(45)48/h1-31H. The van der Waals surface area contributed by atoms with Crippen LogP contribution in [0.15, 0.2) is 188 Å². The van der Waals surface area contributed by atoms with E-state index >= 15 is 0 Å². The van der Waals surface area contributed by atoms with Gasteiger partial charge in [-0.1, -0.05) is 140 Å². The lowest BCUT2D eigenvalue weighted by atomic mass is 9.90. The van der Waals surface area contributed by atoms with E-state index < -0.39 is 0 Å². The topological polar surface area (TPSA) is 3.24 Å². The van der Waals surface area contributed by atoms with Crippen LogP contribution in [0.5, 0.6) is 0 Å². The molecule has 234 valence electrons. The predicted octanol–water partition coefficient (Wildman–Crippen LogP) is 14.3. The fourth-order valence-corrected chi connectivity index (χ4v) is 8.79. The molecule has 9 aromatic carbocycles. The highest BCUT2D eigenvalue weighted by molar-refractivity contribution is 7.25. The van der Waals surface area contributed by atoms with Crippen LogP contribution in [0.2, 0.25) is 0 Å². The molecule has 0 saturated carbocycles. The average Bonchev–Trinajstić information content (AvgIpc) is 3.56. The first kappa shape index (κ1) is 28.8. The highest BCUT2D eigenvalue weighted by Gasteiger charge is 2.17. The second kappa shape index (κ2) is 11.7. The van der Waals surface area contributed by atoms with Gasteiger partial charge in [0.15, 0.2) is 0 Å². The van der Waals surface area contributed by atoms with Crippen LogP contribution in [-0.2, 0) is 0 Å². The summed E-state index contributed by atoms with van der Waals surface area (Å²) in [6.45, 7) is 0. The Morgan fingerprint density at radius 2 is 0.940 bits per heavy atom. The lowest BCUT2D eigenvalue weighted by Crippen LogP contribution is -2.10. The quantitative estimate of drug-likeness (QED) is 0.167. The molecule has 0 fully saturated rings. The van der Waals surface area contributed by atoms with Gasteiger partial charge in [0, 0.05) is 37.2 Å². The van der Waals surface area contributed by atoms with Gasteiger partial charge in [0.2, 0.25) is 0 Å². The molecule has 10 aromatic rings. The molecule has 0 aliphatic heterocycles. The molecule has 0 N–H and O–H groups in total. The Morgan fingerprint density at radius 1 is 0.320 bits per heavy atom. The monoisotopic (exact) mass is 653 g/mol. The average molecular weight is 654 g/mol.